The van der Waals surface area contributed by atoms with E-state index in [1.165, 1.54) is 31.4 Å². The van der Waals surface area contributed by atoms with Gasteiger partial charge in [0.2, 0.25) is 0 Å². The van der Waals surface area contributed by atoms with Crippen molar-refractivity contribution >= 4 is 6.08 Å². The number of halogens is 3. The van der Waals surface area contributed by atoms with Crippen molar-refractivity contribution in [1.29, 1.82) is 5.26 Å². The van der Waals surface area contributed by atoms with E-state index in [-0.39, 0.29) is 22.8 Å². The van der Waals surface area contributed by atoms with Crippen LogP contribution in [0.5, 0.6) is 0 Å². The molecule has 1 atom stereocenters. The molecule has 0 radical (unpaired) electrons. The average Bonchev–Trinajstić information content (AvgIpc) is 3.25. The zero-order valence-electron chi connectivity index (χ0n) is 21.2. The number of aromatic nitrogens is 2. The number of H-pyrrole nitrogens is 1. The second kappa shape index (κ2) is 8.57. The zero-order chi connectivity index (χ0) is 26.9. The molecule has 1 heterocycles. The van der Waals surface area contributed by atoms with E-state index < -0.39 is 11.7 Å². The summed E-state index contributed by atoms with van der Waals surface area (Å²) in [4.78, 5) is 20.9. The van der Waals surface area contributed by atoms with Crippen LogP contribution in [0.3, 0.4) is 0 Å². The molecule has 39 heavy (non-hydrogen) atoms. The van der Waals surface area contributed by atoms with Crippen LogP contribution in [0.2, 0.25) is 0 Å². The third kappa shape index (κ3) is 4.15. The molecule has 0 saturated heterocycles. The fourth-order valence-electron chi connectivity index (χ4n) is 7.96. The van der Waals surface area contributed by atoms with Gasteiger partial charge in [0, 0.05) is 16.8 Å². The summed E-state index contributed by atoms with van der Waals surface area (Å²) in [6.45, 7) is 0. The Morgan fingerprint density at radius 1 is 0.949 bits per heavy atom. The lowest BCUT2D eigenvalue weighted by Crippen LogP contribution is -2.58. The number of aromatic amines is 1. The number of alkyl halides is 3. The highest BCUT2D eigenvalue weighted by molar-refractivity contribution is 5.69. The summed E-state index contributed by atoms with van der Waals surface area (Å²) in [5.74, 6) is 2.13. The number of rotatable bonds is 4. The molecule has 5 aliphatic rings. The molecule has 4 bridgehead atoms. The van der Waals surface area contributed by atoms with E-state index in [9.17, 15) is 23.2 Å². The van der Waals surface area contributed by atoms with Gasteiger partial charge in [0.25, 0.3) is 5.56 Å². The van der Waals surface area contributed by atoms with Crippen LogP contribution in [0.25, 0.3) is 17.5 Å². The maximum Gasteiger partial charge on any atom is 0.416 e. The van der Waals surface area contributed by atoms with E-state index in [2.05, 4.69) is 16.4 Å². The normalized spacial score (nSPS) is 28.6. The Kier molecular flexibility index (Phi) is 5.32. The largest absolute Gasteiger partial charge is 0.416 e. The van der Waals surface area contributed by atoms with Gasteiger partial charge in [-0.15, -0.1) is 0 Å². The summed E-state index contributed by atoms with van der Waals surface area (Å²) < 4.78 is 39.3. The Morgan fingerprint density at radius 2 is 1.56 bits per heavy atom. The van der Waals surface area contributed by atoms with Crippen LogP contribution in [0.1, 0.15) is 72.4 Å². The summed E-state index contributed by atoms with van der Waals surface area (Å²) in [6, 6.07) is 14.1. The van der Waals surface area contributed by atoms with E-state index in [4.69, 9.17) is 4.98 Å². The molecule has 0 aliphatic heterocycles. The first-order chi connectivity index (χ1) is 18.7. The minimum atomic E-state index is -4.44. The fraction of sp³-hybridized carbons (Fsp3) is 0.387. The van der Waals surface area contributed by atoms with Gasteiger partial charge < -0.3 is 10.3 Å². The molecule has 198 valence electrons. The van der Waals surface area contributed by atoms with E-state index in [0.29, 0.717) is 22.4 Å². The van der Waals surface area contributed by atoms with Crippen molar-refractivity contribution in [3.05, 3.63) is 92.5 Å². The predicted molar refractivity (Wildman–Crippen MR) is 140 cm³/mol. The molecule has 8 heteroatoms. The van der Waals surface area contributed by atoms with Crippen LogP contribution < -0.4 is 10.9 Å². The number of benzene rings is 2. The Morgan fingerprint density at radius 3 is 2.13 bits per heavy atom. The van der Waals surface area contributed by atoms with Crippen molar-refractivity contribution in [3.8, 4) is 17.5 Å². The minimum Gasteiger partial charge on any atom is -0.382 e. The smallest absolute Gasteiger partial charge is 0.382 e. The van der Waals surface area contributed by atoms with Crippen LogP contribution in [0, 0.1) is 29.1 Å². The van der Waals surface area contributed by atoms with Crippen molar-refractivity contribution in [2.45, 2.75) is 56.2 Å². The summed E-state index contributed by atoms with van der Waals surface area (Å²) >= 11 is 0. The molecule has 8 rings (SSSR count). The number of hydrogen-bond donors (Lipinski definition) is 2. The zero-order valence-corrected chi connectivity index (χ0v) is 21.2. The molecular weight excluding hydrogens is 501 g/mol. The highest BCUT2D eigenvalue weighted by Crippen LogP contribution is 2.56. The molecule has 1 aromatic heterocycles. The fourth-order valence-corrected chi connectivity index (χ4v) is 7.96. The van der Waals surface area contributed by atoms with Gasteiger partial charge in [-0.25, -0.2) is 4.98 Å². The molecule has 0 spiro atoms. The van der Waals surface area contributed by atoms with Gasteiger partial charge >= 0.3 is 6.18 Å². The first-order valence-corrected chi connectivity index (χ1v) is 13.5. The lowest BCUT2D eigenvalue weighted by molar-refractivity contribution is -0.137. The molecule has 2 aromatic carbocycles. The SMILES string of the molecule is N#Cc1ccc(C2C(NC34CC5CC(CC(C5)C3)C4)=Cc3c2nc(-c2ccc(C(F)(F)F)cc2)[nH]c3=O)cc1. The Hall–Kier alpha value is -3.86. The molecular formula is C31H27F3N4O. The van der Waals surface area contributed by atoms with E-state index in [1.54, 1.807) is 12.1 Å². The molecule has 4 fully saturated rings. The summed E-state index contributed by atoms with van der Waals surface area (Å²) in [6.07, 6.45) is 4.80. The topological polar surface area (TPSA) is 81.6 Å². The number of hydrogen-bond acceptors (Lipinski definition) is 4. The number of nitrogens with one attached hydrogen (secondary N) is 2. The van der Waals surface area contributed by atoms with Gasteiger partial charge in [0.1, 0.15) is 5.82 Å². The standard InChI is InChI=1S/C31H27F3N4O/c32-31(33,34)23-7-5-22(6-8-23)28-36-27-24(29(39)37-28)12-25(26(27)21-3-1-17(16-35)2-4-21)38-30-13-18-9-19(14-30)11-20(10-18)15-30/h1-8,12,18-20,26,38H,9-11,13-15H2,(H,36,37,39). The van der Waals surface area contributed by atoms with Gasteiger partial charge in [-0.1, -0.05) is 24.3 Å². The predicted octanol–water partition coefficient (Wildman–Crippen LogP) is 6.37. The molecule has 5 aliphatic carbocycles. The van der Waals surface area contributed by atoms with E-state index in [1.807, 2.05) is 18.2 Å². The summed E-state index contributed by atoms with van der Waals surface area (Å²) in [7, 11) is 0. The monoisotopic (exact) mass is 528 g/mol. The van der Waals surface area contributed by atoms with Gasteiger partial charge in [-0.3, -0.25) is 4.79 Å². The van der Waals surface area contributed by atoms with Gasteiger partial charge in [0.05, 0.1) is 34.4 Å². The third-order valence-corrected chi connectivity index (χ3v) is 9.18. The first kappa shape index (κ1) is 24.2. The van der Waals surface area contributed by atoms with Crippen LogP contribution in [-0.4, -0.2) is 15.5 Å². The summed E-state index contributed by atoms with van der Waals surface area (Å²) in [5.41, 5.74) is 2.76. The van der Waals surface area contributed by atoms with Crippen molar-refractivity contribution in [2.75, 3.05) is 0 Å². The van der Waals surface area contributed by atoms with Crippen molar-refractivity contribution < 1.29 is 13.2 Å². The minimum absolute atomic E-state index is 0.0104. The van der Waals surface area contributed by atoms with Crippen LogP contribution in [-0.2, 0) is 6.18 Å². The average molecular weight is 529 g/mol. The Bertz CT molecular complexity index is 1540. The number of nitrogens with zero attached hydrogens (tertiary/aromatic N) is 2. The Balaban J connectivity index is 1.29. The molecule has 2 N–H and O–H groups in total. The number of nitriles is 1. The number of fused-ring (bicyclic) bond motifs is 1. The summed E-state index contributed by atoms with van der Waals surface area (Å²) in [5, 5.41) is 13.2. The lowest BCUT2D eigenvalue weighted by atomic mass is 9.53. The molecule has 5 nitrogen and oxygen atoms in total. The molecule has 3 aromatic rings. The third-order valence-electron chi connectivity index (χ3n) is 9.18. The van der Waals surface area contributed by atoms with Crippen molar-refractivity contribution in [2.24, 2.45) is 17.8 Å². The lowest BCUT2D eigenvalue weighted by Gasteiger charge is -2.57. The molecule has 1 unspecified atom stereocenters. The van der Waals surface area contributed by atoms with Crippen molar-refractivity contribution in [1.82, 2.24) is 15.3 Å². The van der Waals surface area contributed by atoms with Crippen LogP contribution in [0.4, 0.5) is 13.2 Å². The molecule has 0 amide bonds. The van der Waals surface area contributed by atoms with Gasteiger partial charge in [0.15, 0.2) is 0 Å². The highest BCUT2D eigenvalue weighted by atomic mass is 19.4. The number of allylic oxidation sites excluding steroid dienone is 1. The van der Waals surface area contributed by atoms with Crippen molar-refractivity contribution in [3.63, 3.8) is 0 Å². The van der Waals surface area contributed by atoms with Crippen LogP contribution >= 0.6 is 0 Å². The van der Waals surface area contributed by atoms with Gasteiger partial charge in [-0.05, 0) is 92.2 Å². The first-order valence-electron chi connectivity index (χ1n) is 13.5. The second-order valence-corrected chi connectivity index (χ2v) is 11.9. The van der Waals surface area contributed by atoms with E-state index >= 15 is 0 Å². The Labute approximate surface area is 223 Å². The van der Waals surface area contributed by atoms with Crippen LogP contribution in [0.15, 0.2) is 59.0 Å². The maximum absolute atomic E-state index is 13.3. The van der Waals surface area contributed by atoms with Gasteiger partial charge in [-0.2, -0.15) is 18.4 Å². The van der Waals surface area contributed by atoms with E-state index in [0.717, 1.165) is 60.4 Å². The second-order valence-electron chi connectivity index (χ2n) is 11.9. The molecule has 4 saturated carbocycles. The highest BCUT2D eigenvalue weighted by Gasteiger charge is 2.52. The maximum atomic E-state index is 13.3. The quantitative estimate of drug-likeness (QED) is 0.412.